The number of carbonyl (C=O) groups is 2. The van der Waals surface area contributed by atoms with Gasteiger partial charge < -0.3 is 0 Å². The van der Waals surface area contributed by atoms with E-state index in [0.717, 1.165) is 0 Å². The summed E-state index contributed by atoms with van der Waals surface area (Å²) in [5.74, 6) is 4.69. The van der Waals surface area contributed by atoms with Crippen LogP contribution in [0.3, 0.4) is 0 Å². The quantitative estimate of drug-likeness (QED) is 0.483. The number of hydrogen-bond donors (Lipinski definition) is 1. The third-order valence-corrected chi connectivity index (χ3v) is 2.19. The third-order valence-electron chi connectivity index (χ3n) is 2.19. The lowest BCUT2D eigenvalue weighted by atomic mass is 9.92. The van der Waals surface area contributed by atoms with E-state index >= 15 is 0 Å². The summed E-state index contributed by atoms with van der Waals surface area (Å²) in [6.07, 6.45) is 0.238. The van der Waals surface area contributed by atoms with Gasteiger partial charge in [-0.3, -0.25) is 9.59 Å². The first-order valence-electron chi connectivity index (χ1n) is 5.48. The molecule has 0 aliphatic carbocycles. The smallest absolute Gasteiger partial charge is 0.273 e. The molecule has 4 nitrogen and oxygen atoms in total. The first-order valence-corrected chi connectivity index (χ1v) is 5.48. The Morgan fingerprint density at radius 2 is 1.71 bits per heavy atom. The molecule has 0 atom stereocenters. The average molecular weight is 234 g/mol. The topological polar surface area (TPSA) is 63.4 Å². The van der Waals surface area contributed by atoms with Crippen LogP contribution >= 0.6 is 0 Å². The van der Waals surface area contributed by atoms with Gasteiger partial charge in [0.25, 0.3) is 5.91 Å². The largest absolute Gasteiger partial charge is 0.274 e. The predicted molar refractivity (Wildman–Crippen MR) is 65.9 cm³/mol. The van der Waals surface area contributed by atoms with E-state index in [4.69, 9.17) is 5.84 Å². The lowest BCUT2D eigenvalue weighted by Crippen LogP contribution is -2.43. The molecule has 4 heteroatoms. The van der Waals surface area contributed by atoms with Crippen molar-refractivity contribution in [2.75, 3.05) is 0 Å². The molecule has 0 aromatic heterocycles. The van der Waals surface area contributed by atoms with Gasteiger partial charge in [0.1, 0.15) is 0 Å². The number of amides is 2. The first kappa shape index (κ1) is 13.4. The SMILES string of the molecule is CC(C)(C)CC(=O)N(N)C(=O)c1ccccc1. The van der Waals surface area contributed by atoms with E-state index in [-0.39, 0.29) is 17.7 Å². The monoisotopic (exact) mass is 234 g/mol. The van der Waals surface area contributed by atoms with Crippen LogP contribution in [0.2, 0.25) is 0 Å². The molecule has 0 bridgehead atoms. The zero-order valence-corrected chi connectivity index (χ0v) is 10.4. The van der Waals surface area contributed by atoms with Gasteiger partial charge in [-0.1, -0.05) is 39.0 Å². The van der Waals surface area contributed by atoms with Crippen LogP contribution in [0, 0.1) is 5.41 Å². The second kappa shape index (κ2) is 5.10. The summed E-state index contributed by atoms with van der Waals surface area (Å²) in [6.45, 7) is 5.77. The van der Waals surface area contributed by atoms with Crippen molar-refractivity contribution < 1.29 is 9.59 Å². The highest BCUT2D eigenvalue weighted by molar-refractivity contribution is 6.04. The molecule has 0 aliphatic heterocycles. The Hall–Kier alpha value is -1.68. The number of benzene rings is 1. The fourth-order valence-electron chi connectivity index (χ4n) is 1.37. The molecule has 92 valence electrons. The minimum atomic E-state index is -0.472. The van der Waals surface area contributed by atoms with Gasteiger partial charge in [0.2, 0.25) is 5.91 Å². The van der Waals surface area contributed by atoms with Gasteiger partial charge in [-0.05, 0) is 17.5 Å². The maximum atomic E-state index is 11.9. The number of nitrogens with zero attached hydrogens (tertiary/aromatic N) is 1. The van der Waals surface area contributed by atoms with E-state index in [9.17, 15) is 9.59 Å². The molecule has 1 aromatic rings. The van der Waals surface area contributed by atoms with E-state index in [1.807, 2.05) is 20.8 Å². The van der Waals surface area contributed by atoms with Crippen LogP contribution in [0.25, 0.3) is 0 Å². The summed E-state index contributed by atoms with van der Waals surface area (Å²) >= 11 is 0. The molecule has 0 spiro atoms. The van der Waals surface area contributed by atoms with Crippen molar-refractivity contribution in [3.63, 3.8) is 0 Å². The fourth-order valence-corrected chi connectivity index (χ4v) is 1.37. The molecular weight excluding hydrogens is 216 g/mol. The summed E-state index contributed by atoms with van der Waals surface area (Å²) in [5, 5.41) is 0.695. The molecule has 0 radical (unpaired) electrons. The van der Waals surface area contributed by atoms with Crippen LogP contribution in [0.4, 0.5) is 0 Å². The summed E-state index contributed by atoms with van der Waals surface area (Å²) in [5.41, 5.74) is 0.225. The van der Waals surface area contributed by atoms with Gasteiger partial charge in [-0.25, -0.2) is 10.9 Å². The second-order valence-corrected chi connectivity index (χ2v) is 5.17. The van der Waals surface area contributed by atoms with Crippen molar-refractivity contribution in [1.29, 1.82) is 0 Å². The number of nitrogens with two attached hydrogens (primary N) is 1. The second-order valence-electron chi connectivity index (χ2n) is 5.17. The van der Waals surface area contributed by atoms with Crippen LogP contribution < -0.4 is 5.84 Å². The number of hydrazine groups is 1. The average Bonchev–Trinajstić information content (AvgIpc) is 2.26. The van der Waals surface area contributed by atoms with Crippen LogP contribution in [0.1, 0.15) is 37.6 Å². The molecule has 0 saturated heterocycles. The summed E-state index contributed by atoms with van der Waals surface area (Å²) < 4.78 is 0. The Balaban J connectivity index is 2.74. The van der Waals surface area contributed by atoms with Gasteiger partial charge in [-0.15, -0.1) is 0 Å². The molecule has 1 aromatic carbocycles. The van der Waals surface area contributed by atoms with Crippen molar-refractivity contribution in [3.05, 3.63) is 35.9 Å². The molecule has 2 N–H and O–H groups in total. The lowest BCUT2D eigenvalue weighted by Gasteiger charge is -2.21. The van der Waals surface area contributed by atoms with Crippen molar-refractivity contribution >= 4 is 11.8 Å². The van der Waals surface area contributed by atoms with Gasteiger partial charge in [0.05, 0.1) is 0 Å². The zero-order chi connectivity index (χ0) is 13.1. The molecule has 1 rings (SSSR count). The fraction of sp³-hybridized carbons (Fsp3) is 0.385. The Morgan fingerprint density at radius 1 is 1.18 bits per heavy atom. The van der Waals surface area contributed by atoms with Crippen LogP contribution in [0.15, 0.2) is 30.3 Å². The van der Waals surface area contributed by atoms with E-state index in [2.05, 4.69) is 0 Å². The Morgan fingerprint density at radius 3 is 2.18 bits per heavy atom. The Bertz CT molecular complexity index is 407. The summed E-state index contributed by atoms with van der Waals surface area (Å²) in [7, 11) is 0. The highest BCUT2D eigenvalue weighted by Crippen LogP contribution is 2.19. The number of rotatable bonds is 2. The molecule has 0 heterocycles. The third kappa shape index (κ3) is 4.00. The zero-order valence-electron chi connectivity index (χ0n) is 10.4. The Kier molecular flexibility index (Phi) is 4.02. The van der Waals surface area contributed by atoms with Gasteiger partial charge in [-0.2, -0.15) is 0 Å². The predicted octanol–water partition coefficient (Wildman–Crippen LogP) is 1.97. The van der Waals surface area contributed by atoms with Crippen molar-refractivity contribution in [2.45, 2.75) is 27.2 Å². The Labute approximate surface area is 101 Å². The molecule has 0 unspecified atom stereocenters. The maximum absolute atomic E-state index is 11.9. The standard InChI is InChI=1S/C13H18N2O2/c1-13(2,3)9-11(16)15(14)12(17)10-7-5-4-6-8-10/h4-8H,9,14H2,1-3H3. The molecule has 0 fully saturated rings. The van der Waals surface area contributed by atoms with E-state index in [1.54, 1.807) is 30.3 Å². The van der Waals surface area contributed by atoms with E-state index < -0.39 is 5.91 Å². The maximum Gasteiger partial charge on any atom is 0.274 e. The minimum absolute atomic E-state index is 0.189. The highest BCUT2D eigenvalue weighted by Gasteiger charge is 2.24. The normalized spacial score (nSPS) is 11.1. The first-order chi connectivity index (χ1) is 7.81. The van der Waals surface area contributed by atoms with Crippen molar-refractivity contribution in [3.8, 4) is 0 Å². The van der Waals surface area contributed by atoms with Crippen molar-refractivity contribution in [1.82, 2.24) is 5.01 Å². The number of imide groups is 1. The highest BCUT2D eigenvalue weighted by atomic mass is 16.2. The summed E-state index contributed by atoms with van der Waals surface area (Å²) in [6, 6.07) is 8.53. The molecular formula is C13H18N2O2. The minimum Gasteiger partial charge on any atom is -0.273 e. The van der Waals surface area contributed by atoms with Crippen LogP contribution in [0.5, 0.6) is 0 Å². The van der Waals surface area contributed by atoms with Gasteiger partial charge in [0.15, 0.2) is 0 Å². The molecule has 17 heavy (non-hydrogen) atoms. The van der Waals surface area contributed by atoms with Gasteiger partial charge >= 0.3 is 0 Å². The molecule has 0 saturated carbocycles. The molecule has 0 aliphatic rings. The van der Waals surface area contributed by atoms with Crippen LogP contribution in [-0.4, -0.2) is 16.8 Å². The molecule has 2 amide bonds. The number of carbonyl (C=O) groups excluding carboxylic acids is 2. The van der Waals surface area contributed by atoms with Crippen LogP contribution in [-0.2, 0) is 4.79 Å². The lowest BCUT2D eigenvalue weighted by molar-refractivity contribution is -0.130. The van der Waals surface area contributed by atoms with E-state index in [1.165, 1.54) is 0 Å². The summed E-state index contributed by atoms with van der Waals surface area (Å²) in [4.78, 5) is 23.6. The van der Waals surface area contributed by atoms with Crippen molar-refractivity contribution in [2.24, 2.45) is 11.3 Å². The van der Waals surface area contributed by atoms with Gasteiger partial charge in [0, 0.05) is 12.0 Å². The number of hydrogen-bond acceptors (Lipinski definition) is 3. The van der Waals surface area contributed by atoms with E-state index in [0.29, 0.717) is 10.6 Å².